The number of hydrogen-bond acceptors (Lipinski definition) is 18. The molecule has 0 rings (SSSR count). The fourth-order valence-electron chi connectivity index (χ4n) is 5.26. The van der Waals surface area contributed by atoms with Crippen molar-refractivity contribution in [2.75, 3.05) is 106 Å². The first-order chi connectivity index (χ1) is 36.7. The van der Waals surface area contributed by atoms with Crippen molar-refractivity contribution in [1.29, 1.82) is 0 Å². The Bertz CT molecular complexity index is 1680. The Morgan fingerprint density at radius 2 is 0.753 bits per heavy atom. The van der Waals surface area contributed by atoms with E-state index in [1.807, 2.05) is 0 Å². The van der Waals surface area contributed by atoms with Gasteiger partial charge in [0.1, 0.15) is 57.5 Å². The van der Waals surface area contributed by atoms with E-state index in [4.69, 9.17) is 14.9 Å². The fraction of sp³-hybridized carbons (Fsp3) is 1.00. The first-order valence-electron chi connectivity index (χ1n) is 23.3. The molecule has 0 fully saturated rings. The lowest BCUT2D eigenvalue weighted by molar-refractivity contribution is -0.549. The third kappa shape index (κ3) is 35.1. The van der Waals surface area contributed by atoms with Gasteiger partial charge in [0.05, 0.1) is 72.7 Å². The zero-order valence-corrected chi connectivity index (χ0v) is 42.3. The second kappa shape index (κ2) is 34.8. The van der Waals surface area contributed by atoms with Gasteiger partial charge in [0.25, 0.3) is 17.8 Å². The van der Waals surface area contributed by atoms with Gasteiger partial charge in [-0.3, -0.25) is 0 Å². The minimum absolute atomic E-state index is 0.107. The molecule has 0 aromatic carbocycles. The van der Waals surface area contributed by atoms with Crippen LogP contribution in [0.3, 0.4) is 0 Å². The van der Waals surface area contributed by atoms with Crippen molar-refractivity contribution in [2.45, 2.75) is 155 Å². The molecule has 0 saturated carbocycles. The fourth-order valence-corrected chi connectivity index (χ4v) is 5.26. The Morgan fingerprint density at radius 1 is 0.358 bits per heavy atom. The molecule has 18 nitrogen and oxygen atoms in total. The van der Waals surface area contributed by atoms with Crippen LogP contribution in [0.4, 0.5) is 96.6 Å². The Labute approximate surface area is 445 Å². The molecule has 5 unspecified atom stereocenters. The zero-order chi connectivity index (χ0) is 62.8. The quantitative estimate of drug-likeness (QED) is 0.0122. The topological polar surface area (TPSA) is 232 Å². The lowest BCUT2D eigenvalue weighted by Gasteiger charge is -2.29. The van der Waals surface area contributed by atoms with Crippen molar-refractivity contribution in [3.8, 4) is 0 Å². The maximum Gasteiger partial charge on any atom is 0.452 e. The van der Waals surface area contributed by atoms with Gasteiger partial charge in [-0.25, -0.2) is 31.1 Å². The number of aliphatic hydroxyl groups excluding tert-OH is 6. The summed E-state index contributed by atoms with van der Waals surface area (Å²) >= 11 is 0. The highest BCUT2D eigenvalue weighted by Gasteiger charge is 2.64. The highest BCUT2D eigenvalue weighted by Crippen LogP contribution is 2.43. The molecular formula is C41H62F22O18. The molecule has 0 aliphatic heterocycles. The number of alkyl halides is 22. The zero-order valence-electron chi connectivity index (χ0n) is 42.3. The van der Waals surface area contributed by atoms with Gasteiger partial charge in [-0.2, -0.15) is 80.0 Å². The van der Waals surface area contributed by atoms with Crippen LogP contribution in [0.2, 0.25) is 0 Å². The molecule has 5 atom stereocenters. The first kappa shape index (κ1) is 78.7. The number of aliphatic hydroxyl groups is 6. The van der Waals surface area contributed by atoms with Crippen molar-refractivity contribution >= 4 is 0 Å². The molecular weight excluding hydrogens is 1200 g/mol. The predicted molar refractivity (Wildman–Crippen MR) is 220 cm³/mol. The molecule has 0 bridgehead atoms. The summed E-state index contributed by atoms with van der Waals surface area (Å²) in [6, 6.07) is 0. The Kier molecular flexibility index (Phi) is 33.8. The van der Waals surface area contributed by atoms with Crippen molar-refractivity contribution in [1.82, 2.24) is 0 Å². The molecule has 0 aliphatic carbocycles. The van der Waals surface area contributed by atoms with Crippen LogP contribution in [0, 0.1) is 0 Å². The summed E-state index contributed by atoms with van der Waals surface area (Å²) in [7, 11) is 0. The molecule has 0 amide bonds. The van der Waals surface area contributed by atoms with E-state index < -0.39 is 254 Å². The minimum Gasteiger partial charge on any atom is -0.394 e. The van der Waals surface area contributed by atoms with Crippen LogP contribution in [0.1, 0.15) is 58.3 Å². The van der Waals surface area contributed by atoms with Gasteiger partial charge < -0.3 is 73.3 Å². The van der Waals surface area contributed by atoms with E-state index in [1.165, 1.54) is 0 Å². The average Bonchev–Trinajstić information content (AvgIpc) is 3.30. The van der Waals surface area contributed by atoms with Crippen LogP contribution in [0.15, 0.2) is 0 Å². The molecule has 0 aromatic rings. The molecule has 0 radical (unpaired) electrons. The van der Waals surface area contributed by atoms with Gasteiger partial charge in [-0.1, -0.05) is 0 Å². The van der Waals surface area contributed by atoms with Crippen molar-refractivity contribution in [3.05, 3.63) is 0 Å². The largest absolute Gasteiger partial charge is 0.452 e. The molecule has 488 valence electrons. The van der Waals surface area contributed by atoms with E-state index in [9.17, 15) is 117 Å². The van der Waals surface area contributed by atoms with Crippen molar-refractivity contribution < 1.29 is 184 Å². The second-order valence-corrected chi connectivity index (χ2v) is 17.6. The second-order valence-electron chi connectivity index (χ2n) is 17.6. The molecule has 40 heteroatoms. The number of rotatable bonds is 51. The van der Waals surface area contributed by atoms with E-state index in [0.717, 1.165) is 0 Å². The number of unbranched alkanes of at least 4 members (excludes halogenated alkanes) is 1. The normalized spacial score (nSPS) is 16.3. The van der Waals surface area contributed by atoms with Gasteiger partial charge in [0.15, 0.2) is 6.29 Å². The molecule has 0 aliphatic rings. The van der Waals surface area contributed by atoms with Crippen LogP contribution in [-0.2, 0) is 57.1 Å². The van der Waals surface area contributed by atoms with Crippen LogP contribution in [0.25, 0.3) is 0 Å². The number of hydrogen-bond donors (Lipinski definition) is 6. The van der Waals surface area contributed by atoms with E-state index >= 15 is 0 Å². The van der Waals surface area contributed by atoms with Crippen LogP contribution in [0.5, 0.6) is 0 Å². The standard InChI is InChI=1S/C41H62F22O18/c1-31(42,43)38(56,57)77-10-3-2-6-32(44,45)21-73-17-27(66)14-70-15-28(67)19-75-25-37(54,55)80-81-39(58,59)35(50,51)9-4-7-34(48,49)23-76-30(69)20-71-16-29(68)18-74-24-36(52,53)79-41(62,63)40(60,61)78-11-5-8-33(46,47)22-72-13-26(65)12-64/h26-30,64-69H,2-25H2,1H3. The minimum atomic E-state index is -6.12. The van der Waals surface area contributed by atoms with E-state index in [1.54, 1.807) is 0 Å². The summed E-state index contributed by atoms with van der Waals surface area (Å²) in [4.78, 5) is 5.92. The molecule has 0 spiro atoms. The monoisotopic (exact) mass is 1260 g/mol. The predicted octanol–water partition coefficient (Wildman–Crippen LogP) is 6.73. The van der Waals surface area contributed by atoms with Gasteiger partial charge in [0, 0.05) is 32.6 Å². The Hall–Kier alpha value is -2.26. The lowest BCUT2D eigenvalue weighted by Crippen LogP contribution is -2.50. The highest BCUT2D eigenvalue weighted by atomic mass is 19.4. The van der Waals surface area contributed by atoms with Gasteiger partial charge in [-0.05, 0) is 25.7 Å². The third-order valence-corrected chi connectivity index (χ3v) is 9.34. The molecule has 0 heterocycles. The summed E-state index contributed by atoms with van der Waals surface area (Å²) in [6.45, 7) is -19.9. The van der Waals surface area contributed by atoms with Gasteiger partial charge >= 0.3 is 48.5 Å². The first-order valence-corrected chi connectivity index (χ1v) is 23.3. The highest BCUT2D eigenvalue weighted by molar-refractivity contribution is 4.79. The molecule has 0 saturated heterocycles. The summed E-state index contributed by atoms with van der Waals surface area (Å²) in [6.07, 6.45) is -51.8. The summed E-state index contributed by atoms with van der Waals surface area (Å²) in [5.74, 6) is -21.5. The van der Waals surface area contributed by atoms with E-state index in [0.29, 0.717) is 0 Å². The smallest absolute Gasteiger partial charge is 0.394 e. The number of halogens is 22. The van der Waals surface area contributed by atoms with Gasteiger partial charge in [-0.15, -0.1) is 0 Å². The third-order valence-electron chi connectivity index (χ3n) is 9.34. The summed E-state index contributed by atoms with van der Waals surface area (Å²) < 4.78 is 343. The van der Waals surface area contributed by atoms with E-state index in [-0.39, 0.29) is 6.92 Å². The SMILES string of the molecule is CC(F)(F)C(F)(F)OCCCCC(F)(F)COCC(O)COCC(O)COCC(F)(F)OOC(F)(F)C(F)(F)CCCC(F)(F)COC(O)COCC(O)COCC(F)(F)OC(F)(F)C(F)(F)OCCCC(F)(F)COCC(O)CO. The molecule has 6 N–H and O–H groups in total. The van der Waals surface area contributed by atoms with Crippen LogP contribution < -0.4 is 0 Å². The Morgan fingerprint density at radius 3 is 1.25 bits per heavy atom. The lowest BCUT2D eigenvalue weighted by atomic mass is 10.1. The van der Waals surface area contributed by atoms with Crippen LogP contribution in [-0.4, -0.2) is 233 Å². The van der Waals surface area contributed by atoms with Crippen molar-refractivity contribution in [3.63, 3.8) is 0 Å². The maximum absolute atomic E-state index is 14.2. The van der Waals surface area contributed by atoms with Crippen molar-refractivity contribution in [2.24, 2.45) is 0 Å². The van der Waals surface area contributed by atoms with E-state index in [2.05, 4.69) is 52.4 Å². The number of ether oxygens (including phenoxy) is 10. The average molecular weight is 1260 g/mol. The van der Waals surface area contributed by atoms with Crippen LogP contribution >= 0.6 is 0 Å². The molecule has 0 aromatic heterocycles. The summed E-state index contributed by atoms with van der Waals surface area (Å²) in [5.41, 5.74) is 0. The Balaban J connectivity index is 4.52. The summed E-state index contributed by atoms with van der Waals surface area (Å²) in [5, 5.41) is 56.5. The maximum atomic E-state index is 14.2. The van der Waals surface area contributed by atoms with Gasteiger partial charge in [0.2, 0.25) is 0 Å². The molecule has 81 heavy (non-hydrogen) atoms.